The van der Waals surface area contributed by atoms with Gasteiger partial charge in [-0.15, -0.1) is 0 Å². The van der Waals surface area contributed by atoms with Crippen LogP contribution >= 0.6 is 0 Å². The van der Waals surface area contributed by atoms with Crippen LogP contribution in [0.15, 0.2) is 0 Å². The highest BCUT2D eigenvalue weighted by Gasteiger charge is 2.25. The maximum absolute atomic E-state index is 12.1. The van der Waals surface area contributed by atoms with E-state index < -0.39 is 6.04 Å². The quantitative estimate of drug-likeness (QED) is 0.762. The fourth-order valence-corrected chi connectivity index (χ4v) is 2.77. The Kier molecular flexibility index (Phi) is 7.03. The summed E-state index contributed by atoms with van der Waals surface area (Å²) < 4.78 is 5.36. The summed E-state index contributed by atoms with van der Waals surface area (Å²) in [7, 11) is 0. The van der Waals surface area contributed by atoms with Gasteiger partial charge in [-0.3, -0.25) is 4.79 Å². The molecule has 1 rings (SSSR count). The molecule has 2 unspecified atom stereocenters. The Balaban J connectivity index is 2.34. The lowest BCUT2D eigenvalue weighted by Crippen LogP contribution is -2.43. The molecule has 0 saturated heterocycles. The predicted octanol–water partition coefficient (Wildman–Crippen LogP) is 3.05. The monoisotopic (exact) mass is 283 g/mol. The van der Waals surface area contributed by atoms with Crippen molar-refractivity contribution in [2.45, 2.75) is 78.4 Å². The van der Waals surface area contributed by atoms with E-state index in [2.05, 4.69) is 19.2 Å². The summed E-state index contributed by atoms with van der Waals surface area (Å²) in [4.78, 5) is 24.0. The van der Waals surface area contributed by atoms with Crippen LogP contribution in [-0.4, -0.2) is 24.0 Å². The molecule has 4 nitrogen and oxygen atoms in total. The van der Waals surface area contributed by atoms with Crippen LogP contribution in [0.1, 0.15) is 66.2 Å². The van der Waals surface area contributed by atoms with Crippen molar-refractivity contribution in [3.05, 3.63) is 0 Å². The smallest absolute Gasteiger partial charge is 0.328 e. The van der Waals surface area contributed by atoms with Gasteiger partial charge in [0.1, 0.15) is 6.04 Å². The maximum Gasteiger partial charge on any atom is 0.328 e. The third-order valence-electron chi connectivity index (χ3n) is 3.81. The molecule has 0 aromatic rings. The fourth-order valence-electron chi connectivity index (χ4n) is 2.77. The second-order valence-corrected chi connectivity index (χ2v) is 6.44. The molecule has 1 aliphatic rings. The number of rotatable bonds is 6. The van der Waals surface area contributed by atoms with Crippen molar-refractivity contribution in [1.82, 2.24) is 5.32 Å². The van der Waals surface area contributed by atoms with E-state index in [1.54, 1.807) is 6.92 Å². The summed E-state index contributed by atoms with van der Waals surface area (Å²) >= 11 is 0. The largest absolute Gasteiger partial charge is 0.461 e. The molecule has 0 radical (unpaired) electrons. The van der Waals surface area contributed by atoms with Crippen LogP contribution in [-0.2, 0) is 14.3 Å². The van der Waals surface area contributed by atoms with E-state index in [0.717, 1.165) is 32.1 Å². The predicted molar refractivity (Wildman–Crippen MR) is 79.2 cm³/mol. The van der Waals surface area contributed by atoms with Gasteiger partial charge in [-0.1, -0.05) is 33.1 Å². The number of esters is 1. The zero-order valence-corrected chi connectivity index (χ0v) is 13.3. The first-order valence-corrected chi connectivity index (χ1v) is 7.91. The van der Waals surface area contributed by atoms with E-state index in [-0.39, 0.29) is 23.9 Å². The Bertz CT molecular complexity index is 322. The Labute approximate surface area is 122 Å². The van der Waals surface area contributed by atoms with Crippen LogP contribution < -0.4 is 5.32 Å². The van der Waals surface area contributed by atoms with Gasteiger partial charge in [-0.05, 0) is 39.0 Å². The molecule has 4 heteroatoms. The summed E-state index contributed by atoms with van der Waals surface area (Å²) in [6.45, 7) is 7.79. The minimum absolute atomic E-state index is 0.00524. The van der Waals surface area contributed by atoms with Gasteiger partial charge in [0, 0.05) is 5.92 Å². The Hall–Kier alpha value is -1.06. The SMILES string of the molecule is CC(C)CC(C)OC(=O)C(C)NC(=O)C1CCCCC1. The average molecular weight is 283 g/mol. The summed E-state index contributed by atoms with van der Waals surface area (Å²) in [5, 5.41) is 2.79. The number of amides is 1. The van der Waals surface area contributed by atoms with Gasteiger partial charge in [0.05, 0.1) is 6.10 Å². The van der Waals surface area contributed by atoms with E-state index in [4.69, 9.17) is 4.74 Å². The Morgan fingerprint density at radius 1 is 1.10 bits per heavy atom. The highest BCUT2D eigenvalue weighted by atomic mass is 16.5. The maximum atomic E-state index is 12.1. The topological polar surface area (TPSA) is 55.4 Å². The molecule has 0 aromatic heterocycles. The molecule has 20 heavy (non-hydrogen) atoms. The first-order valence-electron chi connectivity index (χ1n) is 7.91. The molecule has 116 valence electrons. The van der Waals surface area contributed by atoms with Crippen LogP contribution in [0.3, 0.4) is 0 Å². The lowest BCUT2D eigenvalue weighted by molar-refractivity contribution is -0.152. The van der Waals surface area contributed by atoms with E-state index in [0.29, 0.717) is 5.92 Å². The molecule has 0 spiro atoms. The second-order valence-electron chi connectivity index (χ2n) is 6.44. The molecule has 0 heterocycles. The first-order chi connectivity index (χ1) is 9.40. The first kappa shape index (κ1) is 17.0. The summed E-state index contributed by atoms with van der Waals surface area (Å²) in [6, 6.07) is -0.556. The second kappa shape index (κ2) is 8.28. The lowest BCUT2D eigenvalue weighted by atomic mass is 9.88. The van der Waals surface area contributed by atoms with Crippen LogP contribution in [0.2, 0.25) is 0 Å². The van der Waals surface area contributed by atoms with Crippen molar-refractivity contribution in [3.63, 3.8) is 0 Å². The molecule has 1 saturated carbocycles. The number of hydrogen-bond donors (Lipinski definition) is 1. The van der Waals surface area contributed by atoms with Crippen molar-refractivity contribution in [2.75, 3.05) is 0 Å². The van der Waals surface area contributed by atoms with Gasteiger partial charge in [0.2, 0.25) is 5.91 Å². The summed E-state index contributed by atoms with van der Waals surface area (Å²) in [6.07, 6.45) is 6.07. The molecule has 1 fully saturated rings. The Morgan fingerprint density at radius 3 is 2.25 bits per heavy atom. The van der Waals surface area contributed by atoms with E-state index in [1.165, 1.54) is 6.42 Å². The normalized spacial score (nSPS) is 19.4. The summed E-state index contributed by atoms with van der Waals surface area (Å²) in [5.41, 5.74) is 0. The molecular weight excluding hydrogens is 254 g/mol. The van der Waals surface area contributed by atoms with Gasteiger partial charge in [-0.2, -0.15) is 0 Å². The minimum Gasteiger partial charge on any atom is -0.461 e. The van der Waals surface area contributed by atoms with Gasteiger partial charge in [0.25, 0.3) is 0 Å². The number of ether oxygens (including phenoxy) is 1. The van der Waals surface area contributed by atoms with Gasteiger partial charge >= 0.3 is 5.97 Å². The van der Waals surface area contributed by atoms with Crippen LogP contribution in [0.25, 0.3) is 0 Å². The number of carbonyl (C=O) groups excluding carboxylic acids is 2. The minimum atomic E-state index is -0.556. The van der Waals surface area contributed by atoms with Crippen molar-refractivity contribution in [3.8, 4) is 0 Å². The van der Waals surface area contributed by atoms with Gasteiger partial charge in [0.15, 0.2) is 0 Å². The molecule has 1 aliphatic carbocycles. The zero-order chi connectivity index (χ0) is 15.1. The highest BCUT2D eigenvalue weighted by molar-refractivity contribution is 5.85. The molecule has 1 N–H and O–H groups in total. The van der Waals surface area contributed by atoms with Crippen molar-refractivity contribution >= 4 is 11.9 Å². The molecule has 1 amide bonds. The van der Waals surface area contributed by atoms with Crippen molar-refractivity contribution in [1.29, 1.82) is 0 Å². The van der Waals surface area contributed by atoms with Gasteiger partial charge in [-0.25, -0.2) is 4.79 Å². The van der Waals surface area contributed by atoms with E-state index in [9.17, 15) is 9.59 Å². The van der Waals surface area contributed by atoms with E-state index in [1.807, 2.05) is 6.92 Å². The lowest BCUT2D eigenvalue weighted by Gasteiger charge is -2.23. The van der Waals surface area contributed by atoms with Crippen LogP contribution in [0.5, 0.6) is 0 Å². The van der Waals surface area contributed by atoms with Crippen LogP contribution in [0, 0.1) is 11.8 Å². The van der Waals surface area contributed by atoms with E-state index >= 15 is 0 Å². The third kappa shape index (κ3) is 5.93. The fraction of sp³-hybridized carbons (Fsp3) is 0.875. The number of nitrogens with one attached hydrogen (secondary N) is 1. The van der Waals surface area contributed by atoms with Crippen molar-refractivity contribution < 1.29 is 14.3 Å². The standard InChI is InChI=1S/C16H29NO3/c1-11(2)10-12(3)20-16(19)13(4)17-15(18)14-8-6-5-7-9-14/h11-14H,5-10H2,1-4H3,(H,17,18). The molecule has 0 aliphatic heterocycles. The average Bonchev–Trinajstić information content (AvgIpc) is 2.38. The Morgan fingerprint density at radius 2 is 1.70 bits per heavy atom. The zero-order valence-electron chi connectivity index (χ0n) is 13.3. The molecular formula is C16H29NO3. The number of hydrogen-bond acceptors (Lipinski definition) is 3. The van der Waals surface area contributed by atoms with Crippen LogP contribution in [0.4, 0.5) is 0 Å². The summed E-state index contributed by atoms with van der Waals surface area (Å²) in [5.74, 6) is 0.241. The molecule has 0 aromatic carbocycles. The van der Waals surface area contributed by atoms with Gasteiger partial charge < -0.3 is 10.1 Å². The van der Waals surface area contributed by atoms with Crippen molar-refractivity contribution in [2.24, 2.45) is 11.8 Å². The third-order valence-corrected chi connectivity index (χ3v) is 3.81. The molecule has 2 atom stereocenters. The molecule has 0 bridgehead atoms. The highest BCUT2D eigenvalue weighted by Crippen LogP contribution is 2.23. The number of carbonyl (C=O) groups is 2.